The zero-order chi connectivity index (χ0) is 8.43. The Morgan fingerprint density at radius 1 is 1.58 bits per heavy atom. The van der Waals surface area contributed by atoms with Crippen LogP contribution in [-0.4, -0.2) is 36.8 Å². The number of nitrogens with two attached hydrogens (primary N) is 1. The van der Waals surface area contributed by atoms with Crippen molar-refractivity contribution in [3.05, 3.63) is 0 Å². The molecule has 0 aromatic rings. The van der Waals surface area contributed by atoms with Crippen molar-refractivity contribution >= 4 is 12.4 Å². The minimum absolute atomic E-state index is 0. The van der Waals surface area contributed by atoms with Gasteiger partial charge in [0.05, 0.1) is 12.2 Å². The number of rotatable bonds is 1. The third-order valence-electron chi connectivity index (χ3n) is 2.01. The highest BCUT2D eigenvalue weighted by Crippen LogP contribution is 2.18. The Morgan fingerprint density at radius 2 is 2.17 bits per heavy atom. The van der Waals surface area contributed by atoms with Gasteiger partial charge in [0.15, 0.2) is 6.29 Å². The highest BCUT2D eigenvalue weighted by Gasteiger charge is 2.32. The van der Waals surface area contributed by atoms with Crippen molar-refractivity contribution in [2.45, 2.75) is 37.9 Å². The van der Waals surface area contributed by atoms with Gasteiger partial charge in [0.2, 0.25) is 0 Å². The van der Waals surface area contributed by atoms with E-state index in [0.29, 0.717) is 6.42 Å². The molecular formula is C7H16ClNO3. The molecule has 3 N–H and O–H groups in total. The Morgan fingerprint density at radius 3 is 2.58 bits per heavy atom. The molecule has 4 nitrogen and oxygen atoms in total. The Bertz CT molecular complexity index is 124. The first-order valence-electron chi connectivity index (χ1n) is 3.77. The van der Waals surface area contributed by atoms with Crippen LogP contribution >= 0.6 is 12.4 Å². The van der Waals surface area contributed by atoms with Gasteiger partial charge in [-0.1, -0.05) is 0 Å². The second kappa shape index (κ2) is 4.99. The van der Waals surface area contributed by atoms with Gasteiger partial charge in [-0.05, 0) is 6.92 Å². The summed E-state index contributed by atoms with van der Waals surface area (Å²) in [5.74, 6) is 0. The van der Waals surface area contributed by atoms with E-state index < -0.39 is 6.10 Å². The Kier molecular flexibility index (Phi) is 5.04. The molecule has 4 atom stereocenters. The van der Waals surface area contributed by atoms with Gasteiger partial charge in [0, 0.05) is 19.6 Å². The van der Waals surface area contributed by atoms with Crippen molar-refractivity contribution in [3.63, 3.8) is 0 Å². The SMILES string of the molecule is CO[C@@H]1CC(N)[C@H](O)C(C)O1.Cl. The van der Waals surface area contributed by atoms with Crippen molar-refractivity contribution < 1.29 is 14.6 Å². The highest BCUT2D eigenvalue weighted by molar-refractivity contribution is 5.85. The molecule has 1 fully saturated rings. The van der Waals surface area contributed by atoms with Crippen LogP contribution in [0.2, 0.25) is 0 Å². The first-order chi connectivity index (χ1) is 5.15. The fourth-order valence-corrected chi connectivity index (χ4v) is 1.24. The largest absolute Gasteiger partial charge is 0.389 e. The summed E-state index contributed by atoms with van der Waals surface area (Å²) in [5.41, 5.74) is 5.62. The van der Waals surface area contributed by atoms with E-state index in [1.807, 2.05) is 0 Å². The number of halogens is 1. The Hall–Kier alpha value is 0.130. The van der Waals surface area contributed by atoms with Gasteiger partial charge in [0.25, 0.3) is 0 Å². The summed E-state index contributed by atoms with van der Waals surface area (Å²) in [6.07, 6.45) is -0.504. The molecular weight excluding hydrogens is 182 g/mol. The predicted octanol–water partition coefficient (Wildman–Crippen LogP) is -0.122. The van der Waals surface area contributed by atoms with Crippen LogP contribution in [0.4, 0.5) is 0 Å². The molecule has 0 spiro atoms. The third kappa shape index (κ3) is 2.57. The molecule has 1 saturated heterocycles. The van der Waals surface area contributed by atoms with Gasteiger partial charge >= 0.3 is 0 Å². The van der Waals surface area contributed by atoms with E-state index in [0.717, 1.165) is 0 Å². The number of aliphatic hydroxyl groups excluding tert-OH is 1. The van der Waals surface area contributed by atoms with E-state index >= 15 is 0 Å². The highest BCUT2D eigenvalue weighted by atomic mass is 35.5. The molecule has 1 aliphatic rings. The second-order valence-electron chi connectivity index (χ2n) is 2.90. The van der Waals surface area contributed by atoms with E-state index in [2.05, 4.69) is 0 Å². The maximum Gasteiger partial charge on any atom is 0.159 e. The molecule has 74 valence electrons. The van der Waals surface area contributed by atoms with Crippen LogP contribution in [0.3, 0.4) is 0 Å². The molecule has 0 radical (unpaired) electrons. The molecule has 5 heteroatoms. The lowest BCUT2D eigenvalue weighted by atomic mass is 10.0. The predicted molar refractivity (Wildman–Crippen MR) is 47.2 cm³/mol. The fraction of sp³-hybridized carbons (Fsp3) is 1.00. The van der Waals surface area contributed by atoms with Crippen molar-refractivity contribution in [1.82, 2.24) is 0 Å². The maximum atomic E-state index is 9.35. The van der Waals surface area contributed by atoms with Crippen molar-refractivity contribution in [2.24, 2.45) is 5.73 Å². The molecule has 1 heterocycles. The van der Waals surface area contributed by atoms with Crippen molar-refractivity contribution in [3.8, 4) is 0 Å². The molecule has 2 unspecified atom stereocenters. The van der Waals surface area contributed by atoms with Gasteiger partial charge < -0.3 is 20.3 Å². The quantitative estimate of drug-likeness (QED) is 0.615. The zero-order valence-corrected chi connectivity index (χ0v) is 8.08. The smallest absolute Gasteiger partial charge is 0.159 e. The molecule has 1 rings (SSSR count). The molecule has 0 bridgehead atoms. The van der Waals surface area contributed by atoms with E-state index in [1.165, 1.54) is 0 Å². The number of hydrogen-bond acceptors (Lipinski definition) is 4. The summed E-state index contributed by atoms with van der Waals surface area (Å²) in [6, 6.07) is -0.233. The lowest BCUT2D eigenvalue weighted by Gasteiger charge is -2.35. The van der Waals surface area contributed by atoms with E-state index in [4.69, 9.17) is 15.2 Å². The summed E-state index contributed by atoms with van der Waals surface area (Å²) in [5, 5.41) is 9.35. The van der Waals surface area contributed by atoms with Gasteiger partial charge in [-0.15, -0.1) is 12.4 Å². The number of aliphatic hydroxyl groups is 1. The van der Waals surface area contributed by atoms with Crippen LogP contribution in [0.1, 0.15) is 13.3 Å². The molecule has 0 aliphatic carbocycles. The lowest BCUT2D eigenvalue weighted by molar-refractivity contribution is -0.211. The van der Waals surface area contributed by atoms with E-state index in [1.54, 1.807) is 14.0 Å². The first kappa shape index (κ1) is 12.1. The van der Waals surface area contributed by atoms with Crippen LogP contribution in [0, 0.1) is 0 Å². The van der Waals surface area contributed by atoms with Gasteiger partial charge in [-0.25, -0.2) is 0 Å². The minimum atomic E-state index is -0.568. The number of methoxy groups -OCH3 is 1. The normalized spacial score (nSPS) is 42.0. The van der Waals surface area contributed by atoms with Gasteiger partial charge in [-0.2, -0.15) is 0 Å². The average Bonchev–Trinajstić information content (AvgIpc) is 1.99. The van der Waals surface area contributed by atoms with Gasteiger partial charge in [-0.3, -0.25) is 0 Å². The topological polar surface area (TPSA) is 64.7 Å². The zero-order valence-electron chi connectivity index (χ0n) is 7.27. The number of ether oxygens (including phenoxy) is 2. The lowest BCUT2D eigenvalue weighted by Crippen LogP contribution is -2.51. The fourth-order valence-electron chi connectivity index (χ4n) is 1.24. The summed E-state index contributed by atoms with van der Waals surface area (Å²) in [7, 11) is 1.57. The summed E-state index contributed by atoms with van der Waals surface area (Å²) < 4.78 is 10.2. The average molecular weight is 198 g/mol. The van der Waals surface area contributed by atoms with E-state index in [9.17, 15) is 5.11 Å². The molecule has 0 amide bonds. The summed E-state index contributed by atoms with van der Waals surface area (Å²) in [6.45, 7) is 1.79. The van der Waals surface area contributed by atoms with E-state index in [-0.39, 0.29) is 30.8 Å². The van der Waals surface area contributed by atoms with Crippen LogP contribution in [0.25, 0.3) is 0 Å². The number of hydrogen-bond donors (Lipinski definition) is 2. The van der Waals surface area contributed by atoms with Gasteiger partial charge in [0.1, 0.15) is 0 Å². The summed E-state index contributed by atoms with van der Waals surface area (Å²) >= 11 is 0. The summed E-state index contributed by atoms with van der Waals surface area (Å²) in [4.78, 5) is 0. The molecule has 0 saturated carbocycles. The Balaban J connectivity index is 0.00000121. The minimum Gasteiger partial charge on any atom is -0.389 e. The van der Waals surface area contributed by atoms with Crippen molar-refractivity contribution in [1.29, 1.82) is 0 Å². The van der Waals surface area contributed by atoms with Crippen molar-refractivity contribution in [2.75, 3.05) is 7.11 Å². The monoisotopic (exact) mass is 197 g/mol. The molecule has 12 heavy (non-hydrogen) atoms. The Labute approximate surface area is 78.4 Å². The third-order valence-corrected chi connectivity index (χ3v) is 2.01. The van der Waals surface area contributed by atoms with Crippen LogP contribution in [0.5, 0.6) is 0 Å². The molecule has 1 aliphatic heterocycles. The molecule has 0 aromatic carbocycles. The maximum absolute atomic E-state index is 9.35. The van der Waals surface area contributed by atoms with Crippen LogP contribution in [-0.2, 0) is 9.47 Å². The first-order valence-corrected chi connectivity index (χ1v) is 3.77. The molecule has 0 aromatic heterocycles. The second-order valence-corrected chi connectivity index (χ2v) is 2.90. The van der Waals surface area contributed by atoms with Crippen LogP contribution in [0.15, 0.2) is 0 Å². The standard InChI is InChI=1S/C7H15NO3.ClH/c1-4-7(9)5(8)3-6(10-2)11-4;/h4-7,9H,3,8H2,1-2H3;1H/t4?,5?,6-,7+;/m0./s1. The van der Waals surface area contributed by atoms with Crippen LogP contribution < -0.4 is 5.73 Å².